The molecule has 0 fully saturated rings. The van der Waals surface area contributed by atoms with Gasteiger partial charge in [0, 0.05) is 5.56 Å². The summed E-state index contributed by atoms with van der Waals surface area (Å²) in [5.74, 6) is -3.57. The lowest BCUT2D eigenvalue weighted by Crippen LogP contribution is -2.17. The number of amides is 1. The predicted molar refractivity (Wildman–Crippen MR) is 102 cm³/mol. The number of carboxylic acids is 1. The van der Waals surface area contributed by atoms with Gasteiger partial charge in [-0.05, 0) is 37.1 Å². The van der Waals surface area contributed by atoms with Crippen molar-refractivity contribution >= 4 is 11.9 Å². The first-order valence-corrected chi connectivity index (χ1v) is 8.63. The lowest BCUT2D eigenvalue weighted by Gasteiger charge is -2.11. The van der Waals surface area contributed by atoms with Crippen molar-refractivity contribution < 1.29 is 23.5 Å². The van der Waals surface area contributed by atoms with Crippen molar-refractivity contribution in [3.05, 3.63) is 70.7 Å². The van der Waals surface area contributed by atoms with E-state index in [9.17, 15) is 18.4 Å². The summed E-state index contributed by atoms with van der Waals surface area (Å²) in [4.78, 5) is 30.8. The van der Waals surface area contributed by atoms with Gasteiger partial charge in [0.2, 0.25) is 0 Å². The molecular weight excluding hydrogens is 380 g/mol. The molecule has 0 radical (unpaired) electrons. The molecule has 29 heavy (non-hydrogen) atoms. The minimum Gasteiger partial charge on any atom is -0.481 e. The molecule has 3 rings (SSSR count). The van der Waals surface area contributed by atoms with Crippen molar-refractivity contribution in [2.24, 2.45) is 5.73 Å². The maximum absolute atomic E-state index is 14.4. The molecule has 0 unspecified atom stereocenters. The van der Waals surface area contributed by atoms with Crippen LogP contribution >= 0.6 is 0 Å². The molecule has 0 saturated heterocycles. The molecule has 6 nitrogen and oxygen atoms in total. The van der Waals surface area contributed by atoms with Crippen LogP contribution in [0.1, 0.15) is 27.4 Å². The quantitative estimate of drug-likeness (QED) is 0.686. The van der Waals surface area contributed by atoms with E-state index in [-0.39, 0.29) is 22.4 Å². The van der Waals surface area contributed by atoms with Crippen molar-refractivity contribution in [2.45, 2.75) is 20.3 Å². The number of nitrogens with zero attached hydrogens (tertiary/aromatic N) is 2. The zero-order valence-electron chi connectivity index (χ0n) is 15.7. The SMILES string of the molecule is Cc1nc(C)c(-c2ccc(-c3c(F)cc(CC(=O)O)cc3F)cc2)nc1C(N)=O. The van der Waals surface area contributed by atoms with Gasteiger partial charge in [-0.25, -0.2) is 13.8 Å². The summed E-state index contributed by atoms with van der Waals surface area (Å²) in [5.41, 5.74) is 7.48. The van der Waals surface area contributed by atoms with Gasteiger partial charge in [-0.15, -0.1) is 0 Å². The van der Waals surface area contributed by atoms with E-state index in [0.717, 1.165) is 12.1 Å². The third-order valence-corrected chi connectivity index (χ3v) is 4.38. The van der Waals surface area contributed by atoms with Crippen LogP contribution in [0.3, 0.4) is 0 Å². The number of aliphatic carboxylic acids is 1. The fraction of sp³-hybridized carbons (Fsp3) is 0.143. The standard InChI is InChI=1S/C21H17F2N3O3/c1-10-19(26-20(21(24)29)11(2)25-10)14-5-3-13(4-6-14)18-15(22)7-12(8-16(18)23)9-17(27)28/h3-8H,9H2,1-2H3,(H2,24,29)(H,27,28). The first-order chi connectivity index (χ1) is 13.7. The Morgan fingerprint density at radius 2 is 1.52 bits per heavy atom. The number of nitrogens with two attached hydrogens (primary N) is 1. The molecule has 0 bridgehead atoms. The Labute approximate surface area is 165 Å². The van der Waals surface area contributed by atoms with Gasteiger partial charge in [0.15, 0.2) is 0 Å². The number of benzene rings is 2. The van der Waals surface area contributed by atoms with Crippen molar-refractivity contribution in [2.75, 3.05) is 0 Å². The summed E-state index contributed by atoms with van der Waals surface area (Å²) in [5, 5.41) is 8.78. The van der Waals surface area contributed by atoms with E-state index in [2.05, 4.69) is 9.97 Å². The summed E-state index contributed by atoms with van der Waals surface area (Å²) in [7, 11) is 0. The van der Waals surface area contributed by atoms with Crippen LogP contribution in [0, 0.1) is 25.5 Å². The highest BCUT2D eigenvalue weighted by atomic mass is 19.1. The first kappa shape index (κ1) is 20.1. The second-order valence-corrected chi connectivity index (χ2v) is 6.54. The lowest BCUT2D eigenvalue weighted by atomic mass is 9.99. The molecule has 0 aliphatic carbocycles. The summed E-state index contributed by atoms with van der Waals surface area (Å²) >= 11 is 0. The van der Waals surface area contributed by atoms with Crippen LogP contribution in [0.2, 0.25) is 0 Å². The summed E-state index contributed by atoms with van der Waals surface area (Å²) in [6, 6.07) is 8.26. The Bertz CT molecular complexity index is 1110. The second kappa shape index (κ2) is 7.75. The van der Waals surface area contributed by atoms with E-state index < -0.39 is 29.9 Å². The van der Waals surface area contributed by atoms with Crippen molar-refractivity contribution in [1.29, 1.82) is 0 Å². The van der Waals surface area contributed by atoms with E-state index in [0.29, 0.717) is 22.6 Å². The smallest absolute Gasteiger partial charge is 0.307 e. The highest BCUT2D eigenvalue weighted by Crippen LogP contribution is 2.30. The predicted octanol–water partition coefficient (Wildman–Crippen LogP) is 3.43. The first-order valence-electron chi connectivity index (χ1n) is 8.63. The topological polar surface area (TPSA) is 106 Å². The Hall–Kier alpha value is -3.68. The van der Waals surface area contributed by atoms with Crippen molar-refractivity contribution in [3.63, 3.8) is 0 Å². The molecule has 0 aliphatic heterocycles. The number of primary amides is 1. The molecular formula is C21H17F2N3O3. The van der Waals surface area contributed by atoms with Crippen LogP contribution in [-0.4, -0.2) is 27.0 Å². The van der Waals surface area contributed by atoms with Crippen LogP contribution in [0.4, 0.5) is 8.78 Å². The Morgan fingerprint density at radius 3 is 2.03 bits per heavy atom. The number of hydrogen-bond donors (Lipinski definition) is 2. The number of halogens is 2. The van der Waals surface area contributed by atoms with Gasteiger partial charge in [-0.3, -0.25) is 14.6 Å². The number of aromatic nitrogens is 2. The van der Waals surface area contributed by atoms with Crippen LogP contribution in [0.25, 0.3) is 22.4 Å². The highest BCUT2D eigenvalue weighted by molar-refractivity contribution is 5.92. The molecule has 8 heteroatoms. The molecule has 1 heterocycles. The van der Waals surface area contributed by atoms with Gasteiger partial charge in [-0.1, -0.05) is 24.3 Å². The molecule has 2 aromatic carbocycles. The van der Waals surface area contributed by atoms with Gasteiger partial charge in [0.1, 0.15) is 17.3 Å². The monoisotopic (exact) mass is 397 g/mol. The average molecular weight is 397 g/mol. The molecule has 0 saturated carbocycles. The van der Waals surface area contributed by atoms with Crippen LogP contribution in [0.15, 0.2) is 36.4 Å². The van der Waals surface area contributed by atoms with E-state index in [1.165, 1.54) is 12.1 Å². The molecule has 3 N–H and O–H groups in total. The van der Waals surface area contributed by atoms with Gasteiger partial charge in [0.05, 0.1) is 29.1 Å². The Kier molecular flexibility index (Phi) is 5.36. The fourth-order valence-electron chi connectivity index (χ4n) is 3.11. The number of carbonyl (C=O) groups is 2. The number of rotatable bonds is 5. The van der Waals surface area contributed by atoms with E-state index in [4.69, 9.17) is 10.8 Å². The molecule has 0 atom stereocenters. The zero-order valence-corrected chi connectivity index (χ0v) is 15.7. The molecule has 0 aliphatic rings. The molecule has 1 amide bonds. The molecule has 3 aromatic rings. The summed E-state index contributed by atoms with van der Waals surface area (Å²) < 4.78 is 28.8. The van der Waals surface area contributed by atoms with Gasteiger partial charge < -0.3 is 10.8 Å². The van der Waals surface area contributed by atoms with Gasteiger partial charge in [-0.2, -0.15) is 0 Å². The van der Waals surface area contributed by atoms with Gasteiger partial charge >= 0.3 is 5.97 Å². The normalized spacial score (nSPS) is 10.8. The number of hydrogen-bond acceptors (Lipinski definition) is 4. The van der Waals surface area contributed by atoms with E-state index in [1.807, 2.05) is 0 Å². The molecule has 148 valence electrons. The Morgan fingerprint density at radius 1 is 0.966 bits per heavy atom. The third kappa shape index (κ3) is 4.11. The number of carbonyl (C=O) groups excluding carboxylic acids is 1. The maximum atomic E-state index is 14.4. The van der Waals surface area contributed by atoms with E-state index in [1.54, 1.807) is 26.0 Å². The average Bonchev–Trinajstić information content (AvgIpc) is 2.61. The largest absolute Gasteiger partial charge is 0.481 e. The summed E-state index contributed by atoms with van der Waals surface area (Å²) in [6.45, 7) is 3.36. The van der Waals surface area contributed by atoms with Crippen molar-refractivity contribution in [3.8, 4) is 22.4 Å². The fourth-order valence-corrected chi connectivity index (χ4v) is 3.11. The van der Waals surface area contributed by atoms with Crippen LogP contribution in [0.5, 0.6) is 0 Å². The number of carboxylic acid groups (broad SMARTS) is 1. The summed E-state index contributed by atoms with van der Waals surface area (Å²) in [6.07, 6.45) is -0.472. The minimum absolute atomic E-state index is 0.0393. The molecule has 0 spiro atoms. The van der Waals surface area contributed by atoms with Crippen LogP contribution in [-0.2, 0) is 11.2 Å². The van der Waals surface area contributed by atoms with Crippen LogP contribution < -0.4 is 5.73 Å². The maximum Gasteiger partial charge on any atom is 0.307 e. The third-order valence-electron chi connectivity index (χ3n) is 4.38. The molecule has 1 aromatic heterocycles. The van der Waals surface area contributed by atoms with Crippen molar-refractivity contribution in [1.82, 2.24) is 9.97 Å². The van der Waals surface area contributed by atoms with E-state index >= 15 is 0 Å². The highest BCUT2D eigenvalue weighted by Gasteiger charge is 2.17. The minimum atomic E-state index is -1.18. The second-order valence-electron chi connectivity index (χ2n) is 6.54. The zero-order chi connectivity index (χ0) is 21.3. The van der Waals surface area contributed by atoms with Gasteiger partial charge in [0.25, 0.3) is 5.91 Å². The lowest BCUT2D eigenvalue weighted by molar-refractivity contribution is -0.136. The Balaban J connectivity index is 2.01. The number of aryl methyl sites for hydroxylation is 2.